The molecule has 0 saturated heterocycles. The number of nitro groups is 1. The second-order valence-corrected chi connectivity index (χ2v) is 6.17. The van der Waals surface area contributed by atoms with E-state index in [0.717, 1.165) is 6.33 Å². The van der Waals surface area contributed by atoms with Crippen LogP contribution in [0.5, 0.6) is 11.5 Å². The summed E-state index contributed by atoms with van der Waals surface area (Å²) < 4.78 is 10.4. The number of hydrogen-bond donors (Lipinski definition) is 1. The van der Waals surface area contributed by atoms with Gasteiger partial charge in [0.2, 0.25) is 11.6 Å². The first-order valence-electron chi connectivity index (χ1n) is 8.63. The van der Waals surface area contributed by atoms with E-state index in [-0.39, 0.29) is 42.6 Å². The first-order valence-corrected chi connectivity index (χ1v) is 9.01. The van der Waals surface area contributed by atoms with Crippen molar-refractivity contribution in [2.24, 2.45) is 0 Å². The van der Waals surface area contributed by atoms with Gasteiger partial charge in [-0.2, -0.15) is 10.5 Å². The maximum atomic E-state index is 11.9. The number of benzene rings is 1. The van der Waals surface area contributed by atoms with Crippen molar-refractivity contribution in [3.8, 4) is 23.6 Å². The summed E-state index contributed by atoms with van der Waals surface area (Å²) in [7, 11) is 2.88. The van der Waals surface area contributed by atoms with Crippen molar-refractivity contribution in [3.63, 3.8) is 0 Å². The maximum absolute atomic E-state index is 11.9. The van der Waals surface area contributed by atoms with Crippen LogP contribution in [0.2, 0.25) is 5.02 Å². The van der Waals surface area contributed by atoms with Crippen molar-refractivity contribution in [2.45, 2.75) is 12.8 Å². The van der Waals surface area contributed by atoms with Crippen LogP contribution in [0.25, 0.3) is 0 Å². The van der Waals surface area contributed by atoms with Gasteiger partial charge in [0, 0.05) is 19.2 Å². The molecule has 0 fully saturated rings. The van der Waals surface area contributed by atoms with Gasteiger partial charge in [0.05, 0.1) is 54.8 Å². The van der Waals surface area contributed by atoms with Crippen molar-refractivity contribution in [1.82, 2.24) is 9.97 Å². The van der Waals surface area contributed by atoms with Crippen molar-refractivity contribution in [2.75, 3.05) is 37.5 Å². The molecule has 11 nitrogen and oxygen atoms in total. The largest absolute Gasteiger partial charge is 0.495 e. The van der Waals surface area contributed by atoms with Crippen LogP contribution in [0, 0.1) is 32.8 Å². The average Bonchev–Trinajstić information content (AvgIpc) is 2.73. The molecular weight excluding hydrogens is 414 g/mol. The van der Waals surface area contributed by atoms with E-state index in [2.05, 4.69) is 15.3 Å². The molecule has 0 atom stereocenters. The molecule has 0 bridgehead atoms. The van der Waals surface area contributed by atoms with Crippen LogP contribution >= 0.6 is 11.6 Å². The summed E-state index contributed by atoms with van der Waals surface area (Å²) in [6.07, 6.45) is 1.38. The molecule has 0 spiro atoms. The highest BCUT2D eigenvalue weighted by atomic mass is 35.5. The molecule has 0 radical (unpaired) electrons. The van der Waals surface area contributed by atoms with Crippen LogP contribution in [0.1, 0.15) is 12.8 Å². The van der Waals surface area contributed by atoms with Crippen LogP contribution in [-0.2, 0) is 0 Å². The van der Waals surface area contributed by atoms with E-state index in [0.29, 0.717) is 17.2 Å². The van der Waals surface area contributed by atoms with Gasteiger partial charge in [-0.05, 0) is 6.07 Å². The zero-order valence-electron chi connectivity index (χ0n) is 16.3. The SMILES string of the molecule is COc1cc(OC)c(Nc2ncnc(N(CCC#N)CCC#N)c2[N+](=O)[O-])cc1Cl. The molecular formula is C18H18ClN7O4. The van der Waals surface area contributed by atoms with Gasteiger partial charge in [-0.25, -0.2) is 9.97 Å². The van der Waals surface area contributed by atoms with Crippen LogP contribution in [-0.4, -0.2) is 42.2 Å². The molecule has 0 unspecified atom stereocenters. The van der Waals surface area contributed by atoms with Crippen LogP contribution < -0.4 is 19.7 Å². The molecule has 30 heavy (non-hydrogen) atoms. The smallest absolute Gasteiger partial charge is 0.353 e. The van der Waals surface area contributed by atoms with E-state index in [4.69, 9.17) is 31.6 Å². The number of halogens is 1. The monoisotopic (exact) mass is 431 g/mol. The summed E-state index contributed by atoms with van der Waals surface area (Å²) in [5.41, 5.74) is -0.0703. The van der Waals surface area contributed by atoms with Crippen molar-refractivity contribution >= 4 is 34.6 Å². The lowest BCUT2D eigenvalue weighted by Crippen LogP contribution is -2.27. The van der Waals surface area contributed by atoms with Crippen LogP contribution in [0.15, 0.2) is 18.5 Å². The molecule has 156 valence electrons. The predicted octanol–water partition coefficient (Wildman–Crippen LogP) is 3.43. The molecule has 0 amide bonds. The molecule has 1 heterocycles. The topological polar surface area (TPSA) is 150 Å². The number of aromatic nitrogens is 2. The number of rotatable bonds is 10. The molecule has 0 aliphatic rings. The van der Waals surface area contributed by atoms with Gasteiger partial charge in [0.15, 0.2) is 0 Å². The van der Waals surface area contributed by atoms with Crippen molar-refractivity contribution in [3.05, 3.63) is 33.6 Å². The third-order valence-corrected chi connectivity index (χ3v) is 4.29. The summed E-state index contributed by atoms with van der Waals surface area (Å²) in [4.78, 5) is 20.8. The fourth-order valence-corrected chi connectivity index (χ4v) is 2.88. The van der Waals surface area contributed by atoms with Gasteiger partial charge >= 0.3 is 5.69 Å². The first-order chi connectivity index (χ1) is 14.5. The minimum atomic E-state index is -0.624. The van der Waals surface area contributed by atoms with Gasteiger partial charge in [-0.15, -0.1) is 0 Å². The maximum Gasteiger partial charge on any atom is 0.353 e. The van der Waals surface area contributed by atoms with Gasteiger partial charge in [0.1, 0.15) is 17.8 Å². The molecule has 1 N–H and O–H groups in total. The Kier molecular flexibility index (Phi) is 7.97. The highest BCUT2D eigenvalue weighted by Gasteiger charge is 2.28. The lowest BCUT2D eigenvalue weighted by atomic mass is 10.2. The Morgan fingerprint density at radius 3 is 2.33 bits per heavy atom. The Labute approximate surface area is 177 Å². The normalized spacial score (nSPS) is 9.90. The molecule has 2 aromatic rings. The number of nitrogens with one attached hydrogen (secondary N) is 1. The molecule has 0 aliphatic carbocycles. The molecule has 2 rings (SSSR count). The van der Waals surface area contributed by atoms with E-state index in [1.807, 2.05) is 12.1 Å². The summed E-state index contributed by atoms with van der Waals surface area (Å²) in [6, 6.07) is 6.99. The number of hydrogen-bond acceptors (Lipinski definition) is 10. The fraction of sp³-hybridized carbons (Fsp3) is 0.333. The molecule has 0 saturated carbocycles. The Bertz CT molecular complexity index is 985. The Hall–Kier alpha value is -3.83. The van der Waals surface area contributed by atoms with E-state index in [9.17, 15) is 10.1 Å². The van der Waals surface area contributed by atoms with E-state index < -0.39 is 10.6 Å². The second-order valence-electron chi connectivity index (χ2n) is 5.77. The zero-order chi connectivity index (χ0) is 22.1. The summed E-state index contributed by atoms with van der Waals surface area (Å²) in [5.74, 6) is 0.609. The molecule has 12 heteroatoms. The number of methoxy groups -OCH3 is 2. The van der Waals surface area contributed by atoms with E-state index >= 15 is 0 Å². The number of nitriles is 2. The highest BCUT2D eigenvalue weighted by molar-refractivity contribution is 6.32. The summed E-state index contributed by atoms with van der Waals surface area (Å²) >= 11 is 6.17. The third-order valence-electron chi connectivity index (χ3n) is 4.00. The second kappa shape index (κ2) is 10.6. The van der Waals surface area contributed by atoms with Gasteiger partial charge in [0.25, 0.3) is 0 Å². The quantitative estimate of drug-likeness (QED) is 0.437. The lowest BCUT2D eigenvalue weighted by molar-refractivity contribution is -0.383. The standard InChI is InChI=1S/C18H18ClN7O4/c1-29-14-10-15(30-2)13(9-12(14)19)24-17-16(26(27)28)18(23-11-22-17)25(7-3-5-20)8-4-6-21/h9-11H,3-4,7-8H2,1-2H3,(H,22,23,24). The zero-order valence-corrected chi connectivity index (χ0v) is 17.0. The average molecular weight is 432 g/mol. The third kappa shape index (κ3) is 5.16. The molecule has 1 aromatic heterocycles. The fourth-order valence-electron chi connectivity index (χ4n) is 2.64. The highest BCUT2D eigenvalue weighted by Crippen LogP contribution is 2.40. The molecule has 1 aromatic carbocycles. The lowest BCUT2D eigenvalue weighted by Gasteiger charge is -2.22. The van der Waals surface area contributed by atoms with Gasteiger partial charge in [-0.1, -0.05) is 11.6 Å². The Morgan fingerprint density at radius 1 is 1.17 bits per heavy atom. The molecule has 0 aliphatic heterocycles. The Morgan fingerprint density at radius 2 is 1.80 bits per heavy atom. The van der Waals surface area contributed by atoms with Crippen LogP contribution in [0.3, 0.4) is 0 Å². The summed E-state index contributed by atoms with van der Waals surface area (Å²) in [6.45, 7) is 0.348. The van der Waals surface area contributed by atoms with Gasteiger partial charge < -0.3 is 19.7 Å². The van der Waals surface area contributed by atoms with Crippen molar-refractivity contribution < 1.29 is 14.4 Å². The van der Waals surface area contributed by atoms with Gasteiger partial charge in [-0.3, -0.25) is 10.1 Å². The minimum Gasteiger partial charge on any atom is -0.495 e. The van der Waals surface area contributed by atoms with E-state index in [1.54, 1.807) is 0 Å². The number of nitrogens with zero attached hydrogens (tertiary/aromatic N) is 6. The van der Waals surface area contributed by atoms with E-state index in [1.165, 1.54) is 31.3 Å². The van der Waals surface area contributed by atoms with Crippen molar-refractivity contribution in [1.29, 1.82) is 10.5 Å². The predicted molar refractivity (Wildman–Crippen MR) is 109 cm³/mol. The number of ether oxygens (including phenoxy) is 2. The number of anilines is 3. The first kappa shape index (κ1) is 22.5. The minimum absolute atomic E-state index is 0.00146. The van der Waals surface area contributed by atoms with Crippen LogP contribution in [0.4, 0.5) is 23.0 Å². The Balaban J connectivity index is 2.53. The summed E-state index contributed by atoms with van der Waals surface area (Å²) in [5, 5.41) is 32.8.